The summed E-state index contributed by atoms with van der Waals surface area (Å²) in [5.41, 5.74) is -0.0653. The molecule has 0 aromatic heterocycles. The molecule has 3 atom stereocenters. The summed E-state index contributed by atoms with van der Waals surface area (Å²) in [6, 6.07) is 1.81. The number of fused-ring (bicyclic) bond motifs is 1. The van der Waals surface area contributed by atoms with Crippen LogP contribution in [0.4, 0.5) is 0 Å². The van der Waals surface area contributed by atoms with Crippen LogP contribution in [0, 0.1) is 17.2 Å². The van der Waals surface area contributed by atoms with Crippen LogP contribution in [0.2, 0.25) is 0 Å². The first-order valence-corrected chi connectivity index (χ1v) is 7.11. The van der Waals surface area contributed by atoms with Gasteiger partial charge in [0.15, 0.2) is 5.70 Å². The lowest BCUT2D eigenvalue weighted by molar-refractivity contribution is -0.156. The van der Waals surface area contributed by atoms with Crippen molar-refractivity contribution in [3.8, 4) is 6.07 Å². The number of aliphatic hydroxyl groups excluding tert-OH is 1. The normalized spacial score (nSPS) is 27.2. The first-order valence-electron chi connectivity index (χ1n) is 5.35. The molecule has 8 heteroatoms. The van der Waals surface area contributed by atoms with Gasteiger partial charge >= 0.3 is 5.97 Å². The van der Waals surface area contributed by atoms with Crippen LogP contribution in [0.5, 0.6) is 0 Å². The van der Waals surface area contributed by atoms with Crippen molar-refractivity contribution < 1.29 is 19.8 Å². The molecule has 0 radical (unpaired) electrons. The molecule has 1 fully saturated rings. The van der Waals surface area contributed by atoms with Crippen LogP contribution in [0.15, 0.2) is 21.4 Å². The number of nitrogens with zero attached hydrogens (tertiary/aromatic N) is 2. The third-order valence-corrected chi connectivity index (χ3v) is 5.20. The molecule has 0 aromatic rings. The minimum absolute atomic E-state index is 0.0653. The lowest BCUT2D eigenvalue weighted by atomic mass is 9.92. The average molecular weight is 298 g/mol. The van der Waals surface area contributed by atoms with Gasteiger partial charge in [-0.25, -0.2) is 4.79 Å². The summed E-state index contributed by atoms with van der Waals surface area (Å²) in [7, 11) is 0. The van der Waals surface area contributed by atoms with Gasteiger partial charge in [0, 0.05) is 6.08 Å². The Labute approximate surface area is 117 Å². The average Bonchev–Trinajstić information content (AvgIpc) is 2.64. The summed E-state index contributed by atoms with van der Waals surface area (Å²) in [4.78, 5) is 24.3. The minimum atomic E-state index is -1.18. The maximum atomic E-state index is 11.9. The second-order valence-corrected chi connectivity index (χ2v) is 6.28. The molecular formula is C11H10N2O4S2. The van der Waals surface area contributed by atoms with Crippen LogP contribution in [-0.4, -0.2) is 38.5 Å². The van der Waals surface area contributed by atoms with E-state index in [4.69, 9.17) is 5.26 Å². The molecule has 0 spiro atoms. The number of nitriles is 1. The van der Waals surface area contributed by atoms with Crippen LogP contribution >= 0.6 is 23.5 Å². The van der Waals surface area contributed by atoms with Gasteiger partial charge in [0.05, 0.1) is 22.3 Å². The molecule has 0 bridgehead atoms. The fourth-order valence-electron chi connectivity index (χ4n) is 1.96. The van der Waals surface area contributed by atoms with Crippen molar-refractivity contribution in [1.82, 2.24) is 4.90 Å². The maximum absolute atomic E-state index is 11.9. The second-order valence-electron chi connectivity index (χ2n) is 3.97. The van der Waals surface area contributed by atoms with Gasteiger partial charge in [0.25, 0.3) is 0 Å². The molecule has 2 heterocycles. The lowest BCUT2D eigenvalue weighted by Gasteiger charge is -2.43. The minimum Gasteiger partial charge on any atom is -0.477 e. The van der Waals surface area contributed by atoms with E-state index >= 15 is 0 Å². The fourth-order valence-corrected chi connectivity index (χ4v) is 4.51. The zero-order valence-corrected chi connectivity index (χ0v) is 11.4. The number of amides is 1. The molecule has 0 unspecified atom stereocenters. The van der Waals surface area contributed by atoms with Crippen LogP contribution in [0.1, 0.15) is 6.92 Å². The van der Waals surface area contributed by atoms with E-state index in [-0.39, 0.29) is 17.0 Å². The molecule has 1 amide bonds. The Kier molecular flexibility index (Phi) is 3.89. The largest absolute Gasteiger partial charge is 0.477 e. The molecule has 0 saturated carbocycles. The zero-order chi connectivity index (χ0) is 14.2. The molecule has 2 rings (SSSR count). The Hall–Kier alpha value is -1.43. The van der Waals surface area contributed by atoms with E-state index in [1.165, 1.54) is 35.1 Å². The monoisotopic (exact) mass is 298 g/mol. The van der Waals surface area contributed by atoms with Gasteiger partial charge in [-0.2, -0.15) is 5.26 Å². The topological polar surface area (TPSA) is 102 Å². The van der Waals surface area contributed by atoms with Gasteiger partial charge < -0.3 is 10.2 Å². The van der Waals surface area contributed by atoms with Crippen LogP contribution in [-0.2, 0) is 9.59 Å². The van der Waals surface area contributed by atoms with E-state index in [0.29, 0.717) is 4.24 Å². The van der Waals surface area contributed by atoms with Crippen molar-refractivity contribution in [2.75, 3.05) is 0 Å². The third-order valence-electron chi connectivity index (χ3n) is 2.79. The maximum Gasteiger partial charge on any atom is 0.354 e. The van der Waals surface area contributed by atoms with E-state index in [1.54, 1.807) is 0 Å². The summed E-state index contributed by atoms with van der Waals surface area (Å²) in [6.07, 6.45) is 0.427. The standard InChI is InChI=1S/C11H10N2O4S2/c1-5(14)6-8(15)13-7(10(16)17)11(19-9(6)13)18-4-2-3-12/h2,4-6,9,14H,1H3,(H,16,17)/t5-,6+,9-/m1/s1. The van der Waals surface area contributed by atoms with Crippen molar-refractivity contribution in [2.45, 2.75) is 18.4 Å². The van der Waals surface area contributed by atoms with Crippen LogP contribution < -0.4 is 0 Å². The summed E-state index contributed by atoms with van der Waals surface area (Å²) in [6.45, 7) is 1.52. The molecule has 0 aliphatic carbocycles. The number of hydrogen-bond donors (Lipinski definition) is 2. The van der Waals surface area contributed by atoms with E-state index in [9.17, 15) is 19.8 Å². The van der Waals surface area contributed by atoms with Crippen LogP contribution in [0.25, 0.3) is 0 Å². The van der Waals surface area contributed by atoms with Crippen molar-refractivity contribution in [3.05, 3.63) is 21.4 Å². The van der Waals surface area contributed by atoms with Crippen molar-refractivity contribution in [3.63, 3.8) is 0 Å². The first-order chi connectivity index (χ1) is 8.99. The summed E-state index contributed by atoms with van der Waals surface area (Å²) < 4.78 is 0.459. The predicted octanol–water partition coefficient (Wildman–Crippen LogP) is 0.923. The quantitative estimate of drug-likeness (QED) is 0.588. The first kappa shape index (κ1) is 14.0. The SMILES string of the molecule is C[C@@H](O)[C@H]1C(=O)N2C(C(=O)O)=C(SC=CC#N)S[C@H]12. The number of carboxylic acid groups (broad SMARTS) is 1. The molecule has 0 aromatic carbocycles. The summed E-state index contributed by atoms with van der Waals surface area (Å²) in [5.74, 6) is -2.12. The number of thioether (sulfide) groups is 2. The summed E-state index contributed by atoms with van der Waals surface area (Å²) in [5, 5.41) is 28.2. The van der Waals surface area contributed by atoms with Crippen molar-refractivity contribution in [1.29, 1.82) is 5.26 Å². The summed E-state index contributed by atoms with van der Waals surface area (Å²) >= 11 is 2.33. The predicted molar refractivity (Wildman–Crippen MR) is 70.4 cm³/mol. The van der Waals surface area contributed by atoms with Gasteiger partial charge in [-0.1, -0.05) is 23.5 Å². The highest BCUT2D eigenvalue weighted by Gasteiger charge is 2.57. The Morgan fingerprint density at radius 1 is 1.68 bits per heavy atom. The Bertz CT molecular complexity index is 535. The Morgan fingerprint density at radius 3 is 2.89 bits per heavy atom. The molecule has 19 heavy (non-hydrogen) atoms. The molecular weight excluding hydrogens is 288 g/mol. The number of carbonyl (C=O) groups excluding carboxylic acids is 1. The molecule has 2 aliphatic rings. The van der Waals surface area contributed by atoms with E-state index in [0.717, 1.165) is 11.8 Å². The molecule has 2 N–H and O–H groups in total. The second kappa shape index (κ2) is 5.28. The Balaban J connectivity index is 2.24. The number of aliphatic carboxylic acids is 1. The highest BCUT2D eigenvalue weighted by molar-refractivity contribution is 8.24. The number of allylic oxidation sites excluding steroid dienone is 1. The number of rotatable bonds is 4. The van der Waals surface area contributed by atoms with Crippen molar-refractivity contribution >= 4 is 35.4 Å². The van der Waals surface area contributed by atoms with E-state index in [1.807, 2.05) is 6.07 Å². The van der Waals surface area contributed by atoms with E-state index in [2.05, 4.69) is 0 Å². The van der Waals surface area contributed by atoms with Gasteiger partial charge in [-0.3, -0.25) is 9.69 Å². The smallest absolute Gasteiger partial charge is 0.354 e. The number of aliphatic hydroxyl groups is 1. The number of carboxylic acids is 1. The molecule has 1 saturated heterocycles. The van der Waals surface area contributed by atoms with Crippen LogP contribution in [0.3, 0.4) is 0 Å². The molecule has 2 aliphatic heterocycles. The van der Waals surface area contributed by atoms with Gasteiger partial charge in [-0.15, -0.1) is 0 Å². The van der Waals surface area contributed by atoms with E-state index < -0.39 is 18.0 Å². The van der Waals surface area contributed by atoms with Gasteiger partial charge in [0.2, 0.25) is 5.91 Å². The third kappa shape index (κ3) is 2.25. The molecule has 6 nitrogen and oxygen atoms in total. The highest BCUT2D eigenvalue weighted by atomic mass is 32.2. The zero-order valence-electron chi connectivity index (χ0n) is 9.81. The lowest BCUT2D eigenvalue weighted by Crippen LogP contribution is -2.60. The Morgan fingerprint density at radius 2 is 2.37 bits per heavy atom. The van der Waals surface area contributed by atoms with Gasteiger partial charge in [-0.05, 0) is 12.3 Å². The number of carbonyl (C=O) groups is 2. The van der Waals surface area contributed by atoms with Gasteiger partial charge in [0.1, 0.15) is 5.37 Å². The fraction of sp³-hybridized carbons (Fsp3) is 0.364. The number of hydrogen-bond acceptors (Lipinski definition) is 6. The van der Waals surface area contributed by atoms with Crippen molar-refractivity contribution in [2.24, 2.45) is 5.92 Å². The number of β-lactam (4-membered cyclic amide) rings is 1. The molecule has 100 valence electrons. The highest BCUT2D eigenvalue weighted by Crippen LogP contribution is 2.53.